The van der Waals surface area contributed by atoms with Gasteiger partial charge in [0.1, 0.15) is 11.5 Å². The predicted octanol–water partition coefficient (Wildman–Crippen LogP) is 0.984. The van der Waals surface area contributed by atoms with E-state index in [1.54, 1.807) is 12.1 Å². The van der Waals surface area contributed by atoms with Gasteiger partial charge in [-0.1, -0.05) is 11.6 Å². The first kappa shape index (κ1) is 12.5. The average Bonchev–Trinajstić information content (AvgIpc) is 3.06. The maximum atomic E-state index is 11.2. The van der Waals surface area contributed by atoms with E-state index in [2.05, 4.69) is 25.6 Å². The molecule has 0 spiro atoms. The second-order valence-electron chi connectivity index (χ2n) is 4.12. The number of tetrazole rings is 1. The molecule has 102 valence electrons. The Labute approximate surface area is 117 Å². The standard InChI is InChI=1S/C11H9ClN6O2/c12-6-1-4-10-13-5-8(11(19)20)18(10)7(6)2-3-9-14-16-17-15-9/h1,4-5H,2-3H2,(H,19,20)(H,14,15,16,17). The zero-order valence-corrected chi connectivity index (χ0v) is 10.9. The van der Waals surface area contributed by atoms with Gasteiger partial charge in [-0.3, -0.25) is 4.40 Å². The molecule has 0 saturated carbocycles. The number of aromatic amines is 1. The molecule has 0 aliphatic heterocycles. The van der Waals surface area contributed by atoms with Crippen LogP contribution in [0, 0.1) is 0 Å². The molecule has 0 fully saturated rings. The number of carboxylic acid groups (broad SMARTS) is 1. The van der Waals surface area contributed by atoms with Crippen LogP contribution in [0.1, 0.15) is 22.0 Å². The molecule has 9 heteroatoms. The van der Waals surface area contributed by atoms with Crippen LogP contribution in [0.4, 0.5) is 0 Å². The fraction of sp³-hybridized carbons (Fsp3) is 0.182. The Bertz CT molecular complexity index is 767. The SMILES string of the molecule is O=C(O)c1cnc2ccc(Cl)c(CCc3nnn[nH]3)n12. The molecule has 0 bridgehead atoms. The molecule has 0 aromatic carbocycles. The fourth-order valence-electron chi connectivity index (χ4n) is 2.02. The maximum Gasteiger partial charge on any atom is 0.354 e. The average molecular weight is 293 g/mol. The fourth-order valence-corrected chi connectivity index (χ4v) is 2.26. The summed E-state index contributed by atoms with van der Waals surface area (Å²) in [5.41, 5.74) is 1.28. The van der Waals surface area contributed by atoms with Crippen molar-refractivity contribution in [2.75, 3.05) is 0 Å². The van der Waals surface area contributed by atoms with Gasteiger partial charge in [-0.15, -0.1) is 5.10 Å². The number of aryl methyl sites for hydroxylation is 2. The van der Waals surface area contributed by atoms with Gasteiger partial charge in [0.05, 0.1) is 11.2 Å². The predicted molar refractivity (Wildman–Crippen MR) is 68.7 cm³/mol. The van der Waals surface area contributed by atoms with Gasteiger partial charge in [-0.05, 0) is 29.0 Å². The number of halogens is 1. The summed E-state index contributed by atoms with van der Waals surface area (Å²) in [4.78, 5) is 15.3. The summed E-state index contributed by atoms with van der Waals surface area (Å²) in [5.74, 6) is -0.447. The summed E-state index contributed by atoms with van der Waals surface area (Å²) in [6, 6.07) is 3.37. The molecule has 3 aromatic heterocycles. The molecule has 0 unspecified atom stereocenters. The summed E-state index contributed by atoms with van der Waals surface area (Å²) in [6.45, 7) is 0. The zero-order valence-electron chi connectivity index (χ0n) is 10.1. The van der Waals surface area contributed by atoms with Gasteiger partial charge in [0.15, 0.2) is 5.69 Å². The summed E-state index contributed by atoms with van der Waals surface area (Å²) < 4.78 is 1.54. The first-order valence-electron chi connectivity index (χ1n) is 5.77. The number of hydrogen-bond acceptors (Lipinski definition) is 5. The number of aromatic carboxylic acids is 1. The minimum Gasteiger partial charge on any atom is -0.477 e. The molecule has 0 saturated heterocycles. The molecule has 8 nitrogen and oxygen atoms in total. The smallest absolute Gasteiger partial charge is 0.354 e. The summed E-state index contributed by atoms with van der Waals surface area (Å²) in [5, 5.41) is 23.1. The first-order chi connectivity index (χ1) is 9.66. The van der Waals surface area contributed by atoms with Crippen LogP contribution >= 0.6 is 11.6 Å². The van der Waals surface area contributed by atoms with Crippen LogP contribution in [0.15, 0.2) is 18.3 Å². The molecule has 20 heavy (non-hydrogen) atoms. The maximum absolute atomic E-state index is 11.2. The van der Waals surface area contributed by atoms with Crippen molar-refractivity contribution in [2.24, 2.45) is 0 Å². The minimum absolute atomic E-state index is 0.0770. The van der Waals surface area contributed by atoms with E-state index in [-0.39, 0.29) is 5.69 Å². The Morgan fingerprint density at radius 1 is 1.40 bits per heavy atom. The van der Waals surface area contributed by atoms with E-state index in [4.69, 9.17) is 11.6 Å². The van der Waals surface area contributed by atoms with Crippen LogP contribution in [0.25, 0.3) is 5.65 Å². The Balaban J connectivity index is 2.05. The molecule has 0 aliphatic rings. The Kier molecular flexibility index (Phi) is 3.07. The number of pyridine rings is 1. The molecular formula is C11H9ClN6O2. The highest BCUT2D eigenvalue weighted by Crippen LogP contribution is 2.21. The third kappa shape index (κ3) is 2.10. The second kappa shape index (κ2) is 4.89. The highest BCUT2D eigenvalue weighted by Gasteiger charge is 2.16. The molecule has 0 atom stereocenters. The molecule has 3 aromatic rings. The summed E-state index contributed by atoms with van der Waals surface area (Å²) in [7, 11) is 0. The highest BCUT2D eigenvalue weighted by molar-refractivity contribution is 6.31. The van der Waals surface area contributed by atoms with Gasteiger partial charge < -0.3 is 5.11 Å². The minimum atomic E-state index is -1.05. The number of H-pyrrole nitrogens is 1. The van der Waals surface area contributed by atoms with Crippen LogP contribution in [0.3, 0.4) is 0 Å². The monoisotopic (exact) mass is 292 g/mol. The number of fused-ring (bicyclic) bond motifs is 1. The molecule has 3 heterocycles. The van der Waals surface area contributed by atoms with Crippen molar-refractivity contribution < 1.29 is 9.90 Å². The normalized spacial score (nSPS) is 11.1. The van der Waals surface area contributed by atoms with Gasteiger partial charge in [0.25, 0.3) is 0 Å². The van der Waals surface area contributed by atoms with Gasteiger partial charge in [0.2, 0.25) is 0 Å². The van der Waals surface area contributed by atoms with E-state index >= 15 is 0 Å². The van der Waals surface area contributed by atoms with E-state index in [0.29, 0.717) is 35.0 Å². The molecule has 2 N–H and O–H groups in total. The number of carboxylic acids is 1. The number of carbonyl (C=O) groups is 1. The zero-order chi connectivity index (χ0) is 14.1. The van der Waals surface area contributed by atoms with Crippen molar-refractivity contribution >= 4 is 23.2 Å². The summed E-state index contributed by atoms with van der Waals surface area (Å²) in [6.07, 6.45) is 2.32. The third-order valence-electron chi connectivity index (χ3n) is 2.92. The molecular weight excluding hydrogens is 284 g/mol. The van der Waals surface area contributed by atoms with Crippen molar-refractivity contribution in [3.63, 3.8) is 0 Å². The first-order valence-corrected chi connectivity index (χ1v) is 6.15. The van der Waals surface area contributed by atoms with Crippen molar-refractivity contribution in [1.29, 1.82) is 0 Å². The molecule has 0 amide bonds. The Morgan fingerprint density at radius 2 is 2.25 bits per heavy atom. The van der Waals surface area contributed by atoms with E-state index in [9.17, 15) is 9.90 Å². The molecule has 0 radical (unpaired) electrons. The van der Waals surface area contributed by atoms with Crippen LogP contribution < -0.4 is 0 Å². The van der Waals surface area contributed by atoms with Crippen LogP contribution in [-0.2, 0) is 12.8 Å². The lowest BCUT2D eigenvalue weighted by Crippen LogP contribution is -2.08. The summed E-state index contributed by atoms with van der Waals surface area (Å²) >= 11 is 6.17. The quantitative estimate of drug-likeness (QED) is 0.742. The van der Waals surface area contributed by atoms with Crippen LogP contribution in [0.5, 0.6) is 0 Å². The van der Waals surface area contributed by atoms with Crippen molar-refractivity contribution in [2.45, 2.75) is 12.8 Å². The topological polar surface area (TPSA) is 109 Å². The number of aromatic nitrogens is 6. The van der Waals surface area contributed by atoms with Gasteiger partial charge in [0, 0.05) is 12.1 Å². The highest BCUT2D eigenvalue weighted by atomic mass is 35.5. The lowest BCUT2D eigenvalue weighted by molar-refractivity contribution is 0.0689. The number of rotatable bonds is 4. The largest absolute Gasteiger partial charge is 0.477 e. The van der Waals surface area contributed by atoms with E-state index in [0.717, 1.165) is 0 Å². The van der Waals surface area contributed by atoms with E-state index < -0.39 is 5.97 Å². The van der Waals surface area contributed by atoms with Crippen molar-refractivity contribution in [1.82, 2.24) is 30.0 Å². The van der Waals surface area contributed by atoms with E-state index in [1.807, 2.05) is 0 Å². The van der Waals surface area contributed by atoms with Gasteiger partial charge in [-0.2, -0.15) is 0 Å². The lowest BCUT2D eigenvalue weighted by atomic mass is 10.2. The lowest BCUT2D eigenvalue weighted by Gasteiger charge is -2.08. The van der Waals surface area contributed by atoms with Gasteiger partial charge in [-0.25, -0.2) is 14.9 Å². The molecule has 3 rings (SSSR count). The second-order valence-corrected chi connectivity index (χ2v) is 4.53. The molecule has 0 aliphatic carbocycles. The number of nitrogens with zero attached hydrogens (tertiary/aromatic N) is 5. The van der Waals surface area contributed by atoms with Crippen molar-refractivity contribution in [3.8, 4) is 0 Å². The number of imidazole rings is 1. The third-order valence-corrected chi connectivity index (χ3v) is 3.26. The Morgan fingerprint density at radius 3 is 2.95 bits per heavy atom. The van der Waals surface area contributed by atoms with Crippen LogP contribution in [-0.4, -0.2) is 41.1 Å². The van der Waals surface area contributed by atoms with Crippen molar-refractivity contribution in [3.05, 3.63) is 40.6 Å². The van der Waals surface area contributed by atoms with Crippen LogP contribution in [0.2, 0.25) is 5.02 Å². The van der Waals surface area contributed by atoms with Gasteiger partial charge >= 0.3 is 5.97 Å². The number of nitrogens with one attached hydrogen (secondary N) is 1. The number of hydrogen-bond donors (Lipinski definition) is 2. The van der Waals surface area contributed by atoms with E-state index in [1.165, 1.54) is 10.6 Å². The Hall–Kier alpha value is -2.48.